The van der Waals surface area contributed by atoms with Gasteiger partial charge in [-0.1, -0.05) is 12.1 Å². The summed E-state index contributed by atoms with van der Waals surface area (Å²) in [6, 6.07) is 6.23. The van der Waals surface area contributed by atoms with Gasteiger partial charge in [0.15, 0.2) is 0 Å². The first-order valence-corrected chi connectivity index (χ1v) is 4.82. The number of carbonyl (C=O) groups excluding carboxylic acids is 1. The minimum absolute atomic E-state index is 0.225. The van der Waals surface area contributed by atoms with Crippen molar-refractivity contribution in [2.24, 2.45) is 5.73 Å². The van der Waals surface area contributed by atoms with Crippen molar-refractivity contribution >= 4 is 5.97 Å². The van der Waals surface area contributed by atoms with Gasteiger partial charge in [0.25, 0.3) is 0 Å². The number of esters is 1. The summed E-state index contributed by atoms with van der Waals surface area (Å²) < 4.78 is 17.6. The Balaban J connectivity index is 2.28. The first-order chi connectivity index (χ1) is 7.22. The number of halogens is 1. The van der Waals surface area contributed by atoms with Crippen LogP contribution in [0.3, 0.4) is 0 Å². The highest BCUT2D eigenvalue weighted by molar-refractivity contribution is 5.69. The molecule has 15 heavy (non-hydrogen) atoms. The molecule has 0 heterocycles. The average Bonchev–Trinajstić information content (AvgIpc) is 2.18. The molecule has 0 saturated carbocycles. The third-order valence-corrected chi connectivity index (χ3v) is 1.89. The quantitative estimate of drug-likeness (QED) is 0.746. The number of benzene rings is 1. The van der Waals surface area contributed by atoms with Gasteiger partial charge in [0.2, 0.25) is 0 Å². The Kier molecular flexibility index (Phi) is 4.77. The van der Waals surface area contributed by atoms with E-state index in [1.165, 1.54) is 12.1 Å². The molecule has 3 nitrogen and oxygen atoms in total. The van der Waals surface area contributed by atoms with E-state index in [1.807, 2.05) is 0 Å². The van der Waals surface area contributed by atoms with E-state index in [0.29, 0.717) is 13.0 Å². The average molecular weight is 211 g/mol. The highest BCUT2D eigenvalue weighted by Crippen LogP contribution is 2.04. The Bertz CT molecular complexity index is 328. The molecule has 4 heteroatoms. The molecule has 0 aliphatic carbocycles. The maximum absolute atomic E-state index is 12.7. The second-order valence-corrected chi connectivity index (χ2v) is 3.14. The van der Waals surface area contributed by atoms with Crippen LogP contribution in [0.25, 0.3) is 0 Å². The number of hydrogen-bond acceptors (Lipinski definition) is 3. The van der Waals surface area contributed by atoms with Gasteiger partial charge in [0, 0.05) is 13.0 Å². The van der Waals surface area contributed by atoms with E-state index in [-0.39, 0.29) is 24.8 Å². The molecule has 0 aliphatic rings. The van der Waals surface area contributed by atoms with Crippen LogP contribution in [-0.4, -0.2) is 19.1 Å². The smallest absolute Gasteiger partial charge is 0.307 e. The van der Waals surface area contributed by atoms with Crippen LogP contribution in [0.2, 0.25) is 0 Å². The van der Waals surface area contributed by atoms with Gasteiger partial charge in [0.1, 0.15) is 5.82 Å². The van der Waals surface area contributed by atoms with Gasteiger partial charge in [-0.3, -0.25) is 4.79 Å². The van der Waals surface area contributed by atoms with E-state index in [0.717, 1.165) is 5.56 Å². The molecule has 0 spiro atoms. The van der Waals surface area contributed by atoms with Crippen molar-refractivity contribution in [3.05, 3.63) is 35.6 Å². The molecular formula is C11H14FNO2. The molecule has 0 amide bonds. The summed E-state index contributed by atoms with van der Waals surface area (Å²) in [6.07, 6.45) is 0.747. The molecule has 1 aromatic carbocycles. The zero-order valence-electron chi connectivity index (χ0n) is 8.41. The van der Waals surface area contributed by atoms with Crippen molar-refractivity contribution in [1.82, 2.24) is 0 Å². The number of carbonyl (C=O) groups is 1. The van der Waals surface area contributed by atoms with Crippen LogP contribution in [0.15, 0.2) is 24.3 Å². The van der Waals surface area contributed by atoms with Gasteiger partial charge >= 0.3 is 5.97 Å². The number of ether oxygens (including phenoxy) is 1. The zero-order valence-corrected chi connectivity index (χ0v) is 8.41. The lowest BCUT2D eigenvalue weighted by molar-refractivity contribution is -0.143. The van der Waals surface area contributed by atoms with Crippen molar-refractivity contribution in [3.63, 3.8) is 0 Å². The molecule has 1 aromatic rings. The monoisotopic (exact) mass is 211 g/mol. The van der Waals surface area contributed by atoms with Gasteiger partial charge in [-0.25, -0.2) is 4.39 Å². The summed E-state index contributed by atoms with van der Waals surface area (Å²) in [5.41, 5.74) is 6.00. The first-order valence-electron chi connectivity index (χ1n) is 4.82. The highest BCUT2D eigenvalue weighted by atomic mass is 19.1. The molecule has 82 valence electrons. The highest BCUT2D eigenvalue weighted by Gasteiger charge is 2.01. The summed E-state index contributed by atoms with van der Waals surface area (Å²) in [5, 5.41) is 0. The fourth-order valence-electron chi connectivity index (χ4n) is 1.17. The summed E-state index contributed by atoms with van der Waals surface area (Å²) in [5.74, 6) is -0.588. The Hall–Kier alpha value is -1.42. The van der Waals surface area contributed by atoms with Gasteiger partial charge in [-0.2, -0.15) is 0 Å². The SMILES string of the molecule is NCCC(=O)OCCc1cccc(F)c1. The summed E-state index contributed by atoms with van der Waals surface area (Å²) in [6.45, 7) is 0.557. The second-order valence-electron chi connectivity index (χ2n) is 3.14. The predicted octanol–water partition coefficient (Wildman–Crippen LogP) is 1.26. The van der Waals surface area contributed by atoms with Crippen LogP contribution in [0.4, 0.5) is 4.39 Å². The van der Waals surface area contributed by atoms with E-state index >= 15 is 0 Å². The Morgan fingerprint density at radius 2 is 2.27 bits per heavy atom. The largest absolute Gasteiger partial charge is 0.465 e. The van der Waals surface area contributed by atoms with E-state index in [1.54, 1.807) is 12.1 Å². The van der Waals surface area contributed by atoms with Gasteiger partial charge in [-0.15, -0.1) is 0 Å². The number of rotatable bonds is 5. The Morgan fingerprint density at radius 1 is 1.47 bits per heavy atom. The third-order valence-electron chi connectivity index (χ3n) is 1.89. The minimum atomic E-state index is -0.311. The van der Waals surface area contributed by atoms with Gasteiger partial charge < -0.3 is 10.5 Å². The van der Waals surface area contributed by atoms with Crippen molar-refractivity contribution in [1.29, 1.82) is 0 Å². The molecule has 1 rings (SSSR count). The maximum Gasteiger partial charge on any atom is 0.307 e. The molecular weight excluding hydrogens is 197 g/mol. The van der Waals surface area contributed by atoms with Crippen LogP contribution < -0.4 is 5.73 Å². The second kappa shape index (κ2) is 6.14. The van der Waals surface area contributed by atoms with Gasteiger partial charge in [-0.05, 0) is 17.7 Å². The van der Waals surface area contributed by atoms with E-state index in [9.17, 15) is 9.18 Å². The molecule has 0 bridgehead atoms. The summed E-state index contributed by atoms with van der Waals surface area (Å²) in [4.78, 5) is 10.9. The molecule has 0 saturated heterocycles. The molecule has 0 aromatic heterocycles. The Morgan fingerprint density at radius 3 is 2.93 bits per heavy atom. The fraction of sp³-hybridized carbons (Fsp3) is 0.364. The lowest BCUT2D eigenvalue weighted by atomic mass is 10.1. The van der Waals surface area contributed by atoms with Crippen molar-refractivity contribution in [2.45, 2.75) is 12.8 Å². The third kappa shape index (κ3) is 4.56. The summed E-state index contributed by atoms with van der Waals surface area (Å²) >= 11 is 0. The maximum atomic E-state index is 12.7. The number of hydrogen-bond donors (Lipinski definition) is 1. The van der Waals surface area contributed by atoms with Crippen LogP contribution >= 0.6 is 0 Å². The Labute approximate surface area is 88.0 Å². The normalized spacial score (nSPS) is 10.0. The number of nitrogens with two attached hydrogens (primary N) is 1. The molecule has 0 unspecified atom stereocenters. The summed E-state index contributed by atoms with van der Waals surface area (Å²) in [7, 11) is 0. The van der Waals surface area contributed by atoms with E-state index < -0.39 is 0 Å². The zero-order chi connectivity index (χ0) is 11.1. The standard InChI is InChI=1S/C11H14FNO2/c12-10-3-1-2-9(8-10)5-7-15-11(14)4-6-13/h1-3,8H,4-7,13H2. The first kappa shape index (κ1) is 11.7. The van der Waals surface area contributed by atoms with Crippen molar-refractivity contribution in [3.8, 4) is 0 Å². The minimum Gasteiger partial charge on any atom is -0.465 e. The lowest BCUT2D eigenvalue weighted by Gasteiger charge is -2.03. The van der Waals surface area contributed by atoms with Gasteiger partial charge in [0.05, 0.1) is 13.0 Å². The van der Waals surface area contributed by atoms with Crippen molar-refractivity contribution in [2.75, 3.05) is 13.2 Å². The van der Waals surface area contributed by atoms with Crippen LogP contribution in [0, 0.1) is 5.82 Å². The van der Waals surface area contributed by atoms with Crippen molar-refractivity contribution < 1.29 is 13.9 Å². The molecule has 0 radical (unpaired) electrons. The lowest BCUT2D eigenvalue weighted by Crippen LogP contribution is -2.12. The van der Waals surface area contributed by atoms with Crippen LogP contribution in [0.5, 0.6) is 0 Å². The molecule has 0 atom stereocenters. The van der Waals surface area contributed by atoms with Crippen LogP contribution in [-0.2, 0) is 16.0 Å². The topological polar surface area (TPSA) is 52.3 Å². The van der Waals surface area contributed by atoms with E-state index in [2.05, 4.69) is 0 Å². The van der Waals surface area contributed by atoms with E-state index in [4.69, 9.17) is 10.5 Å². The molecule has 0 aliphatic heterocycles. The predicted molar refractivity (Wildman–Crippen MR) is 54.7 cm³/mol. The molecule has 0 fully saturated rings. The fourth-order valence-corrected chi connectivity index (χ4v) is 1.17. The van der Waals surface area contributed by atoms with Crippen LogP contribution in [0.1, 0.15) is 12.0 Å². The molecule has 2 N–H and O–H groups in total.